The van der Waals surface area contributed by atoms with E-state index in [2.05, 4.69) is 26.8 Å². The van der Waals surface area contributed by atoms with E-state index in [4.69, 9.17) is 4.74 Å². The first-order chi connectivity index (χ1) is 14.6. The van der Waals surface area contributed by atoms with E-state index in [1.807, 2.05) is 72.8 Å². The van der Waals surface area contributed by atoms with Crippen LogP contribution in [0.2, 0.25) is 0 Å². The van der Waals surface area contributed by atoms with E-state index in [0.717, 1.165) is 31.6 Å². The summed E-state index contributed by atoms with van der Waals surface area (Å²) in [6.07, 6.45) is 0.165. The predicted molar refractivity (Wildman–Crippen MR) is 121 cm³/mol. The molecule has 0 aliphatic heterocycles. The van der Waals surface area contributed by atoms with Crippen LogP contribution < -0.4 is 15.6 Å². The maximum atomic E-state index is 12.3. The minimum absolute atomic E-state index is 0.165. The van der Waals surface area contributed by atoms with Gasteiger partial charge in [-0.3, -0.25) is 20.4 Å². The quantitative estimate of drug-likeness (QED) is 0.428. The first-order valence-electron chi connectivity index (χ1n) is 9.46. The molecule has 5 nitrogen and oxygen atoms in total. The molecule has 2 N–H and O–H groups in total. The fraction of sp³-hybridized carbons (Fsp3) is 0.0833. The van der Waals surface area contributed by atoms with Crippen LogP contribution in [0.1, 0.15) is 5.56 Å². The van der Waals surface area contributed by atoms with Crippen LogP contribution >= 0.6 is 15.9 Å². The minimum Gasteiger partial charge on any atom is -0.483 e. The summed E-state index contributed by atoms with van der Waals surface area (Å²) in [7, 11) is 0. The van der Waals surface area contributed by atoms with Crippen molar-refractivity contribution in [2.75, 3.05) is 6.61 Å². The Hall–Kier alpha value is -3.38. The molecule has 0 saturated carbocycles. The monoisotopic (exact) mass is 462 g/mol. The lowest BCUT2D eigenvalue weighted by atomic mass is 10.0. The lowest BCUT2D eigenvalue weighted by molar-refractivity contribution is -0.129. The fourth-order valence-corrected chi connectivity index (χ4v) is 3.92. The Kier molecular flexibility index (Phi) is 5.95. The third-order valence-electron chi connectivity index (χ3n) is 4.76. The Morgan fingerprint density at radius 3 is 2.17 bits per heavy atom. The molecular formula is C24H19BrN2O3. The number of halogens is 1. The average molecular weight is 463 g/mol. The standard InChI is InChI=1S/C24H19BrN2O3/c25-24-20-11-4-2-7-17(20)12-13-21(24)30-15-23(29)27-26-22(28)14-18-9-5-8-16-6-1-3-10-19(16)18/h1-13H,14-15H2,(H,26,28)(H,27,29). The smallest absolute Gasteiger partial charge is 0.276 e. The molecule has 0 atom stereocenters. The van der Waals surface area contributed by atoms with Crippen LogP contribution in [-0.4, -0.2) is 18.4 Å². The van der Waals surface area contributed by atoms with Gasteiger partial charge in [-0.05, 0) is 49.1 Å². The van der Waals surface area contributed by atoms with Crippen molar-refractivity contribution >= 4 is 49.3 Å². The minimum atomic E-state index is -0.443. The zero-order chi connectivity index (χ0) is 20.9. The number of benzene rings is 4. The SMILES string of the molecule is O=C(COc1ccc2ccccc2c1Br)NNC(=O)Cc1cccc2ccccc12. The Morgan fingerprint density at radius 1 is 0.733 bits per heavy atom. The maximum Gasteiger partial charge on any atom is 0.276 e. The van der Waals surface area contributed by atoms with E-state index in [0.29, 0.717) is 5.75 Å². The molecule has 4 rings (SSSR count). The van der Waals surface area contributed by atoms with Crippen LogP contribution in [0.5, 0.6) is 5.75 Å². The fourth-order valence-electron chi connectivity index (χ4n) is 3.31. The van der Waals surface area contributed by atoms with Gasteiger partial charge in [0.25, 0.3) is 5.91 Å². The van der Waals surface area contributed by atoms with Crippen molar-refractivity contribution in [3.05, 3.63) is 88.9 Å². The molecular weight excluding hydrogens is 444 g/mol. The van der Waals surface area contributed by atoms with Crippen LogP contribution in [0.25, 0.3) is 21.5 Å². The van der Waals surface area contributed by atoms with Crippen LogP contribution in [0.3, 0.4) is 0 Å². The molecule has 150 valence electrons. The van der Waals surface area contributed by atoms with Gasteiger partial charge in [0.2, 0.25) is 5.91 Å². The molecule has 4 aromatic carbocycles. The van der Waals surface area contributed by atoms with Gasteiger partial charge in [-0.25, -0.2) is 0 Å². The van der Waals surface area contributed by atoms with Gasteiger partial charge in [0.1, 0.15) is 5.75 Å². The second-order valence-electron chi connectivity index (χ2n) is 6.80. The van der Waals surface area contributed by atoms with Crippen molar-refractivity contribution in [3.63, 3.8) is 0 Å². The van der Waals surface area contributed by atoms with E-state index in [1.165, 1.54) is 0 Å². The van der Waals surface area contributed by atoms with Crippen molar-refractivity contribution in [3.8, 4) is 5.75 Å². The molecule has 0 fully saturated rings. The summed E-state index contributed by atoms with van der Waals surface area (Å²) >= 11 is 3.52. The van der Waals surface area contributed by atoms with E-state index >= 15 is 0 Å². The first-order valence-corrected chi connectivity index (χ1v) is 10.3. The predicted octanol–water partition coefficient (Wildman–Crippen LogP) is 4.52. The summed E-state index contributed by atoms with van der Waals surface area (Å²) in [5, 5.41) is 4.16. The van der Waals surface area contributed by atoms with Gasteiger partial charge in [0.05, 0.1) is 10.9 Å². The second kappa shape index (κ2) is 8.97. The highest BCUT2D eigenvalue weighted by atomic mass is 79.9. The van der Waals surface area contributed by atoms with Gasteiger partial charge < -0.3 is 4.74 Å². The van der Waals surface area contributed by atoms with E-state index in [1.54, 1.807) is 6.07 Å². The van der Waals surface area contributed by atoms with E-state index in [-0.39, 0.29) is 18.9 Å². The van der Waals surface area contributed by atoms with Crippen molar-refractivity contribution in [2.24, 2.45) is 0 Å². The molecule has 0 aliphatic carbocycles. The number of fused-ring (bicyclic) bond motifs is 2. The summed E-state index contributed by atoms with van der Waals surface area (Å²) in [6.45, 7) is -0.217. The van der Waals surface area contributed by atoms with Gasteiger partial charge in [-0.15, -0.1) is 0 Å². The number of nitrogens with one attached hydrogen (secondary N) is 2. The number of hydrazine groups is 1. The molecule has 0 spiro atoms. The van der Waals surface area contributed by atoms with Crippen LogP contribution in [0, 0.1) is 0 Å². The third-order valence-corrected chi connectivity index (χ3v) is 5.58. The van der Waals surface area contributed by atoms with E-state index < -0.39 is 5.91 Å². The van der Waals surface area contributed by atoms with Gasteiger partial charge in [0.15, 0.2) is 6.61 Å². The van der Waals surface area contributed by atoms with Crippen molar-refractivity contribution in [1.29, 1.82) is 0 Å². The molecule has 0 radical (unpaired) electrons. The number of carbonyl (C=O) groups is 2. The Bertz CT molecular complexity index is 1230. The molecule has 6 heteroatoms. The number of hydrogen-bond acceptors (Lipinski definition) is 3. The summed E-state index contributed by atoms with van der Waals surface area (Å²) in [4.78, 5) is 24.4. The molecule has 0 saturated heterocycles. The molecule has 0 aliphatic rings. The second-order valence-corrected chi connectivity index (χ2v) is 7.59. The summed E-state index contributed by atoms with van der Waals surface area (Å²) < 4.78 is 6.39. The first kappa shape index (κ1) is 19.9. The maximum absolute atomic E-state index is 12.3. The molecule has 0 heterocycles. The highest BCUT2D eigenvalue weighted by molar-refractivity contribution is 9.10. The lowest BCUT2D eigenvalue weighted by Gasteiger charge is -2.12. The van der Waals surface area contributed by atoms with Crippen molar-refractivity contribution < 1.29 is 14.3 Å². The Balaban J connectivity index is 1.31. The van der Waals surface area contributed by atoms with Crippen molar-refractivity contribution in [2.45, 2.75) is 6.42 Å². The van der Waals surface area contributed by atoms with Crippen LogP contribution in [0.4, 0.5) is 0 Å². The lowest BCUT2D eigenvalue weighted by Crippen LogP contribution is -2.44. The van der Waals surface area contributed by atoms with Crippen LogP contribution in [0.15, 0.2) is 83.3 Å². The summed E-state index contributed by atoms with van der Waals surface area (Å²) in [6, 6.07) is 25.3. The largest absolute Gasteiger partial charge is 0.483 e. The topological polar surface area (TPSA) is 67.4 Å². The van der Waals surface area contributed by atoms with Crippen LogP contribution in [-0.2, 0) is 16.0 Å². The molecule has 0 aromatic heterocycles. The molecule has 4 aromatic rings. The Labute approximate surface area is 182 Å². The zero-order valence-corrected chi connectivity index (χ0v) is 17.6. The van der Waals surface area contributed by atoms with E-state index in [9.17, 15) is 9.59 Å². The summed E-state index contributed by atoms with van der Waals surface area (Å²) in [5.74, 6) is -0.182. The number of hydrogen-bond donors (Lipinski definition) is 2. The Morgan fingerprint density at radius 2 is 1.37 bits per heavy atom. The normalized spacial score (nSPS) is 10.7. The number of carbonyl (C=O) groups excluding carboxylic acids is 2. The molecule has 0 bridgehead atoms. The van der Waals surface area contributed by atoms with Gasteiger partial charge in [-0.2, -0.15) is 0 Å². The van der Waals surface area contributed by atoms with Gasteiger partial charge in [-0.1, -0.05) is 72.8 Å². The zero-order valence-electron chi connectivity index (χ0n) is 16.0. The number of amides is 2. The highest BCUT2D eigenvalue weighted by Gasteiger charge is 2.11. The summed E-state index contributed by atoms with van der Waals surface area (Å²) in [5.41, 5.74) is 5.74. The van der Waals surface area contributed by atoms with Gasteiger partial charge >= 0.3 is 0 Å². The number of ether oxygens (including phenoxy) is 1. The number of rotatable bonds is 5. The van der Waals surface area contributed by atoms with Crippen molar-refractivity contribution in [1.82, 2.24) is 10.9 Å². The molecule has 30 heavy (non-hydrogen) atoms. The average Bonchev–Trinajstić information content (AvgIpc) is 2.78. The highest BCUT2D eigenvalue weighted by Crippen LogP contribution is 2.32. The molecule has 0 unspecified atom stereocenters. The molecule has 2 amide bonds. The third kappa shape index (κ3) is 4.44. The van der Waals surface area contributed by atoms with Gasteiger partial charge in [0, 0.05) is 0 Å².